The van der Waals surface area contributed by atoms with Gasteiger partial charge in [-0.25, -0.2) is 9.97 Å². The van der Waals surface area contributed by atoms with E-state index in [1.807, 2.05) is 32.2 Å². The normalized spacial score (nSPS) is 19.0. The van der Waals surface area contributed by atoms with E-state index in [9.17, 15) is 5.11 Å². The van der Waals surface area contributed by atoms with Gasteiger partial charge in [0.05, 0.1) is 12.3 Å². The van der Waals surface area contributed by atoms with Gasteiger partial charge in [0, 0.05) is 42.6 Å². The lowest BCUT2D eigenvalue weighted by Crippen LogP contribution is -2.22. The van der Waals surface area contributed by atoms with Crippen molar-refractivity contribution in [3.05, 3.63) is 24.0 Å². The van der Waals surface area contributed by atoms with E-state index in [4.69, 9.17) is 14.7 Å². The third kappa shape index (κ3) is 5.81. The minimum atomic E-state index is 0.127. The molecule has 0 radical (unpaired) electrons. The Morgan fingerprint density at radius 3 is 2.60 bits per heavy atom. The van der Waals surface area contributed by atoms with Gasteiger partial charge in [-0.2, -0.15) is 4.98 Å². The average molecular weight is 414 g/mol. The van der Waals surface area contributed by atoms with Crippen molar-refractivity contribution in [2.45, 2.75) is 59.9 Å². The second-order valence-electron chi connectivity index (χ2n) is 9.29. The third-order valence-corrected chi connectivity index (χ3v) is 5.32. The fraction of sp³-hybridized carbons (Fsp3) is 0.609. The first-order chi connectivity index (χ1) is 14.3. The molecule has 7 nitrogen and oxygen atoms in total. The highest BCUT2D eigenvalue weighted by Crippen LogP contribution is 2.34. The van der Waals surface area contributed by atoms with Gasteiger partial charge in [0.15, 0.2) is 0 Å². The molecule has 0 amide bonds. The Labute approximate surface area is 179 Å². The number of anilines is 2. The van der Waals surface area contributed by atoms with E-state index in [2.05, 4.69) is 36.4 Å². The fourth-order valence-corrected chi connectivity index (χ4v) is 3.77. The van der Waals surface area contributed by atoms with E-state index >= 15 is 0 Å². The van der Waals surface area contributed by atoms with E-state index in [0.29, 0.717) is 30.4 Å². The zero-order chi connectivity index (χ0) is 21.7. The number of hydrogen-bond acceptors (Lipinski definition) is 7. The van der Waals surface area contributed by atoms with Crippen LogP contribution in [0, 0.1) is 18.3 Å². The standard InChI is InChI=1S/C23H35N5O2/c1-6-30-19-10-8-17(12-24-19)20-15(2)26-22(25-14-23(3,4)5)28-21(20)27-18-9-7-16(11-18)13-29/h8,10,12,16,18,29H,6-7,9,11,13-14H2,1-5H3,(H2,25,26,27,28)/t16-,18+/m1/s1. The fourth-order valence-electron chi connectivity index (χ4n) is 3.77. The molecule has 3 N–H and O–H groups in total. The van der Waals surface area contributed by atoms with Gasteiger partial charge in [0.25, 0.3) is 0 Å². The first-order valence-corrected chi connectivity index (χ1v) is 10.9. The first-order valence-electron chi connectivity index (χ1n) is 10.9. The van der Waals surface area contributed by atoms with E-state index in [1.165, 1.54) is 0 Å². The van der Waals surface area contributed by atoms with E-state index in [1.54, 1.807) is 0 Å². The minimum absolute atomic E-state index is 0.127. The number of aromatic nitrogens is 3. The average Bonchev–Trinajstić information content (AvgIpc) is 3.14. The third-order valence-electron chi connectivity index (χ3n) is 5.32. The van der Waals surface area contributed by atoms with Crippen molar-refractivity contribution in [2.24, 2.45) is 11.3 Å². The Morgan fingerprint density at radius 2 is 2.00 bits per heavy atom. The number of ether oxygens (including phenoxy) is 1. The highest BCUT2D eigenvalue weighted by atomic mass is 16.5. The largest absolute Gasteiger partial charge is 0.478 e. The van der Waals surface area contributed by atoms with Crippen molar-refractivity contribution in [3.8, 4) is 17.0 Å². The zero-order valence-corrected chi connectivity index (χ0v) is 18.8. The molecule has 3 rings (SSSR count). The minimum Gasteiger partial charge on any atom is -0.478 e. The molecule has 2 atom stereocenters. The molecule has 2 aromatic rings. The summed E-state index contributed by atoms with van der Waals surface area (Å²) in [4.78, 5) is 14.0. The van der Waals surface area contributed by atoms with E-state index < -0.39 is 0 Å². The van der Waals surface area contributed by atoms with E-state index in [0.717, 1.165) is 48.4 Å². The molecule has 164 valence electrons. The monoisotopic (exact) mass is 413 g/mol. The summed E-state index contributed by atoms with van der Waals surface area (Å²) in [5.74, 6) is 2.41. The molecule has 0 aromatic carbocycles. The molecule has 7 heteroatoms. The van der Waals surface area contributed by atoms with Crippen LogP contribution in [0.3, 0.4) is 0 Å². The van der Waals surface area contributed by atoms with Crippen LogP contribution in [0.5, 0.6) is 5.88 Å². The van der Waals surface area contributed by atoms with Crippen molar-refractivity contribution in [2.75, 3.05) is 30.4 Å². The Bertz CT molecular complexity index is 833. The van der Waals surface area contributed by atoms with Crippen molar-refractivity contribution >= 4 is 11.8 Å². The predicted octanol–water partition coefficient (Wildman–Crippen LogP) is 4.28. The summed E-state index contributed by atoms with van der Waals surface area (Å²) >= 11 is 0. The molecule has 0 unspecified atom stereocenters. The maximum atomic E-state index is 9.50. The summed E-state index contributed by atoms with van der Waals surface area (Å²) < 4.78 is 5.48. The Balaban J connectivity index is 1.92. The molecular weight excluding hydrogens is 378 g/mol. The summed E-state index contributed by atoms with van der Waals surface area (Å²) in [6.07, 6.45) is 4.83. The highest BCUT2D eigenvalue weighted by molar-refractivity contribution is 5.78. The molecule has 1 aliphatic rings. The maximum absolute atomic E-state index is 9.50. The Kier molecular flexibility index (Phi) is 7.13. The number of aliphatic hydroxyl groups is 1. The van der Waals surface area contributed by atoms with Crippen LogP contribution < -0.4 is 15.4 Å². The highest BCUT2D eigenvalue weighted by Gasteiger charge is 2.26. The maximum Gasteiger partial charge on any atom is 0.224 e. The van der Waals surface area contributed by atoms with E-state index in [-0.39, 0.29) is 12.0 Å². The second kappa shape index (κ2) is 9.60. The van der Waals surface area contributed by atoms with Crippen molar-refractivity contribution < 1.29 is 9.84 Å². The smallest absolute Gasteiger partial charge is 0.224 e. The van der Waals surface area contributed by atoms with Gasteiger partial charge in [0.1, 0.15) is 5.82 Å². The number of hydrogen-bond donors (Lipinski definition) is 3. The molecule has 1 fully saturated rings. The molecule has 30 heavy (non-hydrogen) atoms. The molecule has 2 aromatic heterocycles. The lowest BCUT2D eigenvalue weighted by Gasteiger charge is -2.22. The zero-order valence-electron chi connectivity index (χ0n) is 18.8. The van der Waals surface area contributed by atoms with Crippen LogP contribution in [0.15, 0.2) is 18.3 Å². The number of nitrogens with zero attached hydrogens (tertiary/aromatic N) is 3. The van der Waals surface area contributed by atoms with Gasteiger partial charge < -0.3 is 20.5 Å². The van der Waals surface area contributed by atoms with Gasteiger partial charge in [0.2, 0.25) is 11.8 Å². The lowest BCUT2D eigenvalue weighted by molar-refractivity contribution is 0.229. The van der Waals surface area contributed by atoms with Crippen LogP contribution in [0.2, 0.25) is 0 Å². The molecular formula is C23H35N5O2. The van der Waals surface area contributed by atoms with Crippen LogP contribution in [0.25, 0.3) is 11.1 Å². The number of aliphatic hydroxyl groups excluding tert-OH is 1. The number of pyridine rings is 1. The molecule has 0 bridgehead atoms. The van der Waals surface area contributed by atoms with Gasteiger partial charge in [-0.3, -0.25) is 0 Å². The molecule has 0 spiro atoms. The number of nitrogens with one attached hydrogen (secondary N) is 2. The van der Waals surface area contributed by atoms with Crippen molar-refractivity contribution in [3.63, 3.8) is 0 Å². The summed E-state index contributed by atoms with van der Waals surface area (Å²) in [5.41, 5.74) is 2.94. The molecule has 2 heterocycles. The quantitative estimate of drug-likeness (QED) is 0.595. The Hall–Kier alpha value is -2.41. The number of rotatable bonds is 8. The molecule has 1 aliphatic carbocycles. The first kappa shape index (κ1) is 22.3. The van der Waals surface area contributed by atoms with Crippen molar-refractivity contribution in [1.82, 2.24) is 15.0 Å². The number of aryl methyl sites for hydroxylation is 1. The van der Waals surface area contributed by atoms with Gasteiger partial charge in [-0.15, -0.1) is 0 Å². The molecule has 0 aliphatic heterocycles. The van der Waals surface area contributed by atoms with Gasteiger partial charge >= 0.3 is 0 Å². The SMILES string of the molecule is CCOc1ccc(-c2c(C)nc(NCC(C)(C)C)nc2N[C@H]2CC[C@@H](CO)C2)cn1. The van der Waals surface area contributed by atoms with Crippen LogP contribution in [0.4, 0.5) is 11.8 Å². The summed E-state index contributed by atoms with van der Waals surface area (Å²) in [5, 5.41) is 16.5. The van der Waals surface area contributed by atoms with Gasteiger partial charge in [-0.1, -0.05) is 20.8 Å². The van der Waals surface area contributed by atoms with Crippen LogP contribution >= 0.6 is 0 Å². The molecule has 1 saturated carbocycles. The van der Waals surface area contributed by atoms with Crippen LogP contribution in [0.1, 0.15) is 52.7 Å². The summed E-state index contributed by atoms with van der Waals surface area (Å²) in [6, 6.07) is 4.18. The van der Waals surface area contributed by atoms with Crippen molar-refractivity contribution in [1.29, 1.82) is 0 Å². The lowest BCUT2D eigenvalue weighted by atomic mass is 9.97. The topological polar surface area (TPSA) is 92.2 Å². The summed E-state index contributed by atoms with van der Waals surface area (Å²) in [7, 11) is 0. The second-order valence-corrected chi connectivity index (χ2v) is 9.29. The summed E-state index contributed by atoms with van der Waals surface area (Å²) in [6.45, 7) is 12.1. The van der Waals surface area contributed by atoms with Gasteiger partial charge in [-0.05, 0) is 50.5 Å². The predicted molar refractivity (Wildman–Crippen MR) is 121 cm³/mol. The van der Waals surface area contributed by atoms with Crippen LogP contribution in [-0.4, -0.2) is 45.9 Å². The van der Waals surface area contributed by atoms with Crippen LogP contribution in [-0.2, 0) is 0 Å². The molecule has 0 saturated heterocycles. The Morgan fingerprint density at radius 1 is 1.20 bits per heavy atom.